The van der Waals surface area contributed by atoms with Gasteiger partial charge in [0.1, 0.15) is 0 Å². The molecule has 140 valence electrons. The van der Waals surface area contributed by atoms with Crippen molar-refractivity contribution in [2.24, 2.45) is 0 Å². The molecule has 0 unspecified atom stereocenters. The fraction of sp³-hybridized carbons (Fsp3) is 0.350. The zero-order valence-electron chi connectivity index (χ0n) is 16.2. The molecule has 0 aliphatic heterocycles. The Morgan fingerprint density at radius 1 is 0.846 bits per heavy atom. The van der Waals surface area contributed by atoms with Crippen LogP contribution < -0.4 is 19.1 Å². The average molecular weight is 358 g/mol. The van der Waals surface area contributed by atoms with Gasteiger partial charge in [0.25, 0.3) is 5.91 Å². The van der Waals surface area contributed by atoms with E-state index in [4.69, 9.17) is 14.2 Å². The lowest BCUT2D eigenvalue weighted by atomic mass is 10.1. The molecule has 0 saturated heterocycles. The number of hydrogen-bond donors (Lipinski definition) is 0. The number of hydrogen-bond acceptors (Lipinski definition) is 5. The van der Waals surface area contributed by atoms with E-state index in [2.05, 4.69) is 0 Å². The highest BCUT2D eigenvalue weighted by Crippen LogP contribution is 2.40. The van der Waals surface area contributed by atoms with Gasteiger partial charge in [-0.1, -0.05) is 12.1 Å². The third kappa shape index (κ3) is 4.02. The number of anilines is 1. The van der Waals surface area contributed by atoms with E-state index in [9.17, 15) is 4.79 Å². The first-order chi connectivity index (χ1) is 12.4. The number of rotatable bonds is 7. The van der Waals surface area contributed by atoms with E-state index in [-0.39, 0.29) is 5.91 Å². The first-order valence-corrected chi connectivity index (χ1v) is 8.23. The minimum Gasteiger partial charge on any atom is -0.493 e. The molecule has 2 rings (SSSR count). The van der Waals surface area contributed by atoms with E-state index in [0.717, 1.165) is 11.3 Å². The molecule has 0 saturated carbocycles. The van der Waals surface area contributed by atoms with Crippen molar-refractivity contribution in [2.75, 3.05) is 47.4 Å². The Kier molecular flexibility index (Phi) is 6.33. The summed E-state index contributed by atoms with van der Waals surface area (Å²) in [6, 6.07) is 11.5. The number of benzene rings is 2. The van der Waals surface area contributed by atoms with Gasteiger partial charge >= 0.3 is 0 Å². The monoisotopic (exact) mass is 358 g/mol. The van der Waals surface area contributed by atoms with Gasteiger partial charge in [0.15, 0.2) is 11.5 Å². The molecule has 6 heteroatoms. The van der Waals surface area contributed by atoms with Gasteiger partial charge in [-0.25, -0.2) is 0 Å². The van der Waals surface area contributed by atoms with Crippen LogP contribution in [0.5, 0.6) is 17.2 Å². The molecular weight excluding hydrogens is 332 g/mol. The van der Waals surface area contributed by atoms with Crippen LogP contribution in [-0.4, -0.2) is 53.3 Å². The van der Waals surface area contributed by atoms with Crippen molar-refractivity contribution in [3.8, 4) is 17.2 Å². The van der Waals surface area contributed by atoms with Crippen molar-refractivity contribution >= 4 is 11.6 Å². The number of carbonyl (C=O) groups excluding carboxylic acids is 1. The summed E-state index contributed by atoms with van der Waals surface area (Å²) in [6.45, 7) is 0.490. The Hall–Kier alpha value is -2.89. The molecule has 0 atom stereocenters. The van der Waals surface area contributed by atoms with Gasteiger partial charge in [0.05, 0.1) is 26.9 Å². The second-order valence-corrected chi connectivity index (χ2v) is 6.10. The average Bonchev–Trinajstić information content (AvgIpc) is 2.66. The van der Waals surface area contributed by atoms with Crippen molar-refractivity contribution in [2.45, 2.75) is 6.54 Å². The third-order valence-corrected chi connectivity index (χ3v) is 4.15. The van der Waals surface area contributed by atoms with Gasteiger partial charge in [0.2, 0.25) is 5.75 Å². The van der Waals surface area contributed by atoms with E-state index in [1.54, 1.807) is 31.2 Å². The Morgan fingerprint density at radius 3 is 1.96 bits per heavy atom. The molecule has 0 radical (unpaired) electrons. The van der Waals surface area contributed by atoms with Crippen LogP contribution in [0.25, 0.3) is 0 Å². The molecule has 0 aliphatic carbocycles. The SMILES string of the molecule is COc1ccc(C(=O)N(C)Cc2ccc(N(C)C)cc2)c(OC)c1OC. The van der Waals surface area contributed by atoms with Crippen LogP contribution >= 0.6 is 0 Å². The number of ether oxygens (including phenoxy) is 3. The molecule has 0 heterocycles. The fourth-order valence-corrected chi connectivity index (χ4v) is 2.72. The molecule has 0 spiro atoms. The largest absolute Gasteiger partial charge is 0.493 e. The third-order valence-electron chi connectivity index (χ3n) is 4.15. The first-order valence-electron chi connectivity index (χ1n) is 8.23. The second kappa shape index (κ2) is 8.47. The summed E-state index contributed by atoms with van der Waals surface area (Å²) in [5.74, 6) is 1.14. The summed E-state index contributed by atoms with van der Waals surface area (Å²) >= 11 is 0. The molecule has 0 fully saturated rings. The van der Waals surface area contributed by atoms with Crippen LogP contribution in [0.1, 0.15) is 15.9 Å². The molecule has 2 aromatic rings. The minimum absolute atomic E-state index is 0.153. The van der Waals surface area contributed by atoms with Crippen molar-refractivity contribution in [1.29, 1.82) is 0 Å². The van der Waals surface area contributed by atoms with Crippen LogP contribution in [0, 0.1) is 0 Å². The summed E-state index contributed by atoms with van der Waals surface area (Å²) in [6.07, 6.45) is 0. The lowest BCUT2D eigenvalue weighted by molar-refractivity contribution is 0.0781. The molecule has 0 aliphatic rings. The summed E-state index contributed by atoms with van der Waals surface area (Å²) in [5.41, 5.74) is 2.59. The zero-order valence-corrected chi connectivity index (χ0v) is 16.2. The zero-order chi connectivity index (χ0) is 19.3. The van der Waals surface area contributed by atoms with Gasteiger partial charge in [-0.3, -0.25) is 4.79 Å². The van der Waals surface area contributed by atoms with Gasteiger partial charge in [-0.2, -0.15) is 0 Å². The highest BCUT2D eigenvalue weighted by Gasteiger charge is 2.23. The molecule has 1 amide bonds. The Balaban J connectivity index is 2.25. The lowest BCUT2D eigenvalue weighted by Gasteiger charge is -2.21. The topological polar surface area (TPSA) is 51.2 Å². The van der Waals surface area contributed by atoms with Gasteiger partial charge in [-0.15, -0.1) is 0 Å². The summed E-state index contributed by atoms with van der Waals surface area (Å²) in [5, 5.41) is 0. The first kappa shape index (κ1) is 19.4. The minimum atomic E-state index is -0.153. The molecule has 26 heavy (non-hydrogen) atoms. The Bertz CT molecular complexity index is 757. The molecule has 2 aromatic carbocycles. The van der Waals surface area contributed by atoms with E-state index < -0.39 is 0 Å². The number of nitrogens with zero attached hydrogens (tertiary/aromatic N) is 2. The van der Waals surface area contributed by atoms with Gasteiger partial charge in [0, 0.05) is 33.4 Å². The highest BCUT2D eigenvalue weighted by molar-refractivity contribution is 5.98. The van der Waals surface area contributed by atoms with Crippen LogP contribution in [-0.2, 0) is 6.54 Å². The number of carbonyl (C=O) groups is 1. The predicted octanol–water partition coefficient (Wildman–Crippen LogP) is 3.05. The molecule has 0 N–H and O–H groups in total. The number of methoxy groups -OCH3 is 3. The van der Waals surface area contributed by atoms with Crippen LogP contribution in [0.3, 0.4) is 0 Å². The molecule has 6 nitrogen and oxygen atoms in total. The van der Waals surface area contributed by atoms with E-state index in [1.165, 1.54) is 14.2 Å². The number of amides is 1. The standard InChI is InChI=1S/C20H26N2O4/c1-21(2)15-9-7-14(8-10-15)13-22(3)20(23)16-11-12-17(24-4)19(26-6)18(16)25-5/h7-12H,13H2,1-6H3. The van der Waals surface area contributed by atoms with Crippen molar-refractivity contribution in [3.63, 3.8) is 0 Å². The summed E-state index contributed by atoms with van der Waals surface area (Å²) in [4.78, 5) is 16.6. The normalized spacial score (nSPS) is 10.2. The maximum absolute atomic E-state index is 12.9. The molecular formula is C20H26N2O4. The Morgan fingerprint density at radius 2 is 1.46 bits per heavy atom. The Labute approximate surface area is 154 Å². The van der Waals surface area contributed by atoms with Crippen molar-refractivity contribution in [1.82, 2.24) is 4.90 Å². The van der Waals surface area contributed by atoms with E-state index in [1.807, 2.05) is 43.3 Å². The smallest absolute Gasteiger partial charge is 0.257 e. The second-order valence-electron chi connectivity index (χ2n) is 6.10. The fourth-order valence-electron chi connectivity index (χ4n) is 2.72. The highest BCUT2D eigenvalue weighted by atomic mass is 16.5. The van der Waals surface area contributed by atoms with Gasteiger partial charge in [-0.05, 0) is 29.8 Å². The molecule has 0 bridgehead atoms. The quantitative estimate of drug-likeness (QED) is 0.761. The van der Waals surface area contributed by atoms with Crippen LogP contribution in [0.2, 0.25) is 0 Å². The van der Waals surface area contributed by atoms with Gasteiger partial charge < -0.3 is 24.0 Å². The van der Waals surface area contributed by atoms with Crippen molar-refractivity contribution in [3.05, 3.63) is 47.5 Å². The maximum Gasteiger partial charge on any atom is 0.257 e. The van der Waals surface area contributed by atoms with Crippen LogP contribution in [0.4, 0.5) is 5.69 Å². The van der Waals surface area contributed by atoms with Crippen molar-refractivity contribution < 1.29 is 19.0 Å². The summed E-state index contributed by atoms with van der Waals surface area (Å²) < 4.78 is 16.0. The van der Waals surface area contributed by atoms with E-state index in [0.29, 0.717) is 29.4 Å². The lowest BCUT2D eigenvalue weighted by Crippen LogP contribution is -2.26. The molecule has 0 aromatic heterocycles. The maximum atomic E-state index is 12.9. The van der Waals surface area contributed by atoms with E-state index >= 15 is 0 Å². The predicted molar refractivity (Wildman–Crippen MR) is 103 cm³/mol. The van der Waals surface area contributed by atoms with Crippen LogP contribution in [0.15, 0.2) is 36.4 Å². The summed E-state index contributed by atoms with van der Waals surface area (Å²) in [7, 11) is 10.3.